The smallest absolute Gasteiger partial charge is 0.330 e. The highest BCUT2D eigenvalue weighted by Gasteiger charge is 2.41. The molecule has 1 amide bonds. The summed E-state index contributed by atoms with van der Waals surface area (Å²) in [6.07, 6.45) is 0. The fourth-order valence-corrected chi connectivity index (χ4v) is 2.02. The summed E-state index contributed by atoms with van der Waals surface area (Å²) < 4.78 is 0. The molecule has 1 heterocycles. The van der Waals surface area contributed by atoms with E-state index >= 15 is 0 Å². The molecule has 0 fully saturated rings. The van der Waals surface area contributed by atoms with Crippen molar-refractivity contribution in [3.05, 3.63) is 35.4 Å². The number of hydrogen-bond acceptors (Lipinski definition) is 2. The van der Waals surface area contributed by atoms with E-state index in [4.69, 9.17) is 5.11 Å². The van der Waals surface area contributed by atoms with Gasteiger partial charge in [0.1, 0.15) is 0 Å². The Labute approximate surface area is 93.3 Å². The van der Waals surface area contributed by atoms with Gasteiger partial charge in [-0.1, -0.05) is 24.3 Å². The molecule has 2 N–H and O–H groups in total. The number of carboxylic acids is 1. The summed E-state index contributed by atoms with van der Waals surface area (Å²) >= 11 is 0. The Bertz CT molecular complexity index is 465. The fraction of sp³-hybridized carbons (Fsp3) is 0.333. The van der Waals surface area contributed by atoms with Crippen molar-refractivity contribution in [1.29, 1.82) is 0 Å². The van der Waals surface area contributed by atoms with E-state index in [-0.39, 0.29) is 5.91 Å². The van der Waals surface area contributed by atoms with Crippen molar-refractivity contribution in [2.75, 3.05) is 0 Å². The SMILES string of the molecule is CC1(C)C(=O)NC(C(=O)O)c2ccccc21. The second-order valence-electron chi connectivity index (χ2n) is 4.46. The van der Waals surface area contributed by atoms with E-state index in [0.29, 0.717) is 5.56 Å². The maximum absolute atomic E-state index is 11.8. The molecule has 1 aromatic rings. The Kier molecular flexibility index (Phi) is 2.22. The lowest BCUT2D eigenvalue weighted by Crippen LogP contribution is -2.49. The van der Waals surface area contributed by atoms with Gasteiger partial charge in [-0.2, -0.15) is 0 Å². The van der Waals surface area contributed by atoms with Gasteiger partial charge in [-0.15, -0.1) is 0 Å². The minimum Gasteiger partial charge on any atom is -0.479 e. The van der Waals surface area contributed by atoms with E-state index in [0.717, 1.165) is 5.56 Å². The number of rotatable bonds is 1. The molecular formula is C12H13NO3. The number of carboxylic acid groups (broad SMARTS) is 1. The quantitative estimate of drug-likeness (QED) is 0.746. The molecule has 0 aromatic heterocycles. The highest BCUT2D eigenvalue weighted by Crippen LogP contribution is 2.34. The van der Waals surface area contributed by atoms with Crippen LogP contribution in [0.1, 0.15) is 31.0 Å². The van der Waals surface area contributed by atoms with Crippen LogP contribution in [0, 0.1) is 0 Å². The standard InChI is InChI=1S/C12H13NO3/c1-12(2)8-6-4-3-5-7(8)9(10(14)15)13-11(12)16/h3-6,9H,1-2H3,(H,13,16)(H,14,15). The third kappa shape index (κ3) is 1.38. The Morgan fingerprint density at radius 2 is 2.00 bits per heavy atom. The van der Waals surface area contributed by atoms with Gasteiger partial charge in [0.05, 0.1) is 5.41 Å². The molecular weight excluding hydrogens is 206 g/mol. The lowest BCUT2D eigenvalue weighted by atomic mass is 9.76. The van der Waals surface area contributed by atoms with Crippen LogP contribution in [0.2, 0.25) is 0 Å². The van der Waals surface area contributed by atoms with E-state index in [9.17, 15) is 9.59 Å². The van der Waals surface area contributed by atoms with Crippen LogP contribution in [0.3, 0.4) is 0 Å². The number of carbonyl (C=O) groups excluding carboxylic acids is 1. The predicted octanol–water partition coefficient (Wildman–Crippen LogP) is 1.22. The molecule has 0 aliphatic carbocycles. The minimum atomic E-state index is -1.03. The predicted molar refractivity (Wildman–Crippen MR) is 58.0 cm³/mol. The van der Waals surface area contributed by atoms with Gasteiger partial charge in [-0.3, -0.25) is 4.79 Å². The average molecular weight is 219 g/mol. The molecule has 0 saturated carbocycles. The third-order valence-corrected chi connectivity index (χ3v) is 3.04. The highest BCUT2D eigenvalue weighted by atomic mass is 16.4. The van der Waals surface area contributed by atoms with Crippen molar-refractivity contribution in [2.24, 2.45) is 0 Å². The van der Waals surface area contributed by atoms with Crippen molar-refractivity contribution in [1.82, 2.24) is 5.32 Å². The zero-order chi connectivity index (χ0) is 11.9. The van der Waals surface area contributed by atoms with Crippen LogP contribution in [0.25, 0.3) is 0 Å². The van der Waals surface area contributed by atoms with Crippen LogP contribution in [0.4, 0.5) is 0 Å². The lowest BCUT2D eigenvalue weighted by Gasteiger charge is -2.34. The summed E-state index contributed by atoms with van der Waals surface area (Å²) in [6, 6.07) is 6.22. The van der Waals surface area contributed by atoms with Crippen molar-refractivity contribution in [2.45, 2.75) is 25.3 Å². The fourth-order valence-electron chi connectivity index (χ4n) is 2.02. The highest BCUT2D eigenvalue weighted by molar-refractivity contribution is 5.94. The van der Waals surface area contributed by atoms with Crippen LogP contribution < -0.4 is 5.32 Å². The maximum Gasteiger partial charge on any atom is 0.330 e. The van der Waals surface area contributed by atoms with Gasteiger partial charge in [0.15, 0.2) is 6.04 Å². The molecule has 1 aliphatic heterocycles. The molecule has 1 aromatic carbocycles. The first kappa shape index (κ1) is 10.7. The van der Waals surface area contributed by atoms with Crippen LogP contribution in [0.5, 0.6) is 0 Å². The van der Waals surface area contributed by atoms with E-state index in [1.54, 1.807) is 26.0 Å². The minimum absolute atomic E-state index is 0.251. The normalized spacial score (nSPS) is 22.1. The zero-order valence-corrected chi connectivity index (χ0v) is 9.15. The van der Waals surface area contributed by atoms with Gasteiger partial charge >= 0.3 is 5.97 Å². The van der Waals surface area contributed by atoms with Gasteiger partial charge in [0.2, 0.25) is 5.91 Å². The van der Waals surface area contributed by atoms with Crippen molar-refractivity contribution in [3.8, 4) is 0 Å². The van der Waals surface area contributed by atoms with Gasteiger partial charge in [-0.25, -0.2) is 4.79 Å². The summed E-state index contributed by atoms with van der Waals surface area (Å²) in [5.41, 5.74) is 0.772. The van der Waals surface area contributed by atoms with E-state index in [1.807, 2.05) is 12.1 Å². The number of amides is 1. The molecule has 0 radical (unpaired) electrons. The maximum atomic E-state index is 11.8. The topological polar surface area (TPSA) is 66.4 Å². The molecule has 1 unspecified atom stereocenters. The van der Waals surface area contributed by atoms with Gasteiger partial charge in [0.25, 0.3) is 0 Å². The Balaban J connectivity index is 2.63. The molecule has 4 nitrogen and oxygen atoms in total. The Morgan fingerprint density at radius 3 is 2.62 bits per heavy atom. The number of carbonyl (C=O) groups is 2. The molecule has 2 rings (SSSR count). The average Bonchev–Trinajstić information content (AvgIpc) is 2.23. The van der Waals surface area contributed by atoms with Crippen LogP contribution in [-0.2, 0) is 15.0 Å². The Hall–Kier alpha value is -1.84. The van der Waals surface area contributed by atoms with E-state index in [1.165, 1.54) is 0 Å². The van der Waals surface area contributed by atoms with E-state index < -0.39 is 17.4 Å². The second-order valence-corrected chi connectivity index (χ2v) is 4.46. The first-order chi connectivity index (χ1) is 7.44. The summed E-state index contributed by atoms with van der Waals surface area (Å²) in [5, 5.41) is 11.6. The summed E-state index contributed by atoms with van der Waals surface area (Å²) in [6.45, 7) is 3.58. The number of fused-ring (bicyclic) bond motifs is 1. The molecule has 0 spiro atoms. The van der Waals surface area contributed by atoms with Crippen LogP contribution >= 0.6 is 0 Å². The molecule has 1 atom stereocenters. The monoisotopic (exact) mass is 219 g/mol. The lowest BCUT2D eigenvalue weighted by molar-refractivity contribution is -0.143. The molecule has 0 bridgehead atoms. The van der Waals surface area contributed by atoms with Crippen molar-refractivity contribution >= 4 is 11.9 Å². The van der Waals surface area contributed by atoms with Gasteiger partial charge in [0, 0.05) is 0 Å². The molecule has 1 aliphatic rings. The van der Waals surface area contributed by atoms with Gasteiger partial charge in [-0.05, 0) is 25.0 Å². The van der Waals surface area contributed by atoms with Crippen LogP contribution in [-0.4, -0.2) is 17.0 Å². The summed E-state index contributed by atoms with van der Waals surface area (Å²) in [4.78, 5) is 22.9. The van der Waals surface area contributed by atoms with E-state index in [2.05, 4.69) is 5.32 Å². The summed E-state index contributed by atoms with van der Waals surface area (Å²) in [7, 11) is 0. The molecule has 4 heteroatoms. The van der Waals surface area contributed by atoms with Crippen molar-refractivity contribution in [3.63, 3.8) is 0 Å². The first-order valence-electron chi connectivity index (χ1n) is 5.08. The first-order valence-corrected chi connectivity index (χ1v) is 5.08. The molecule has 84 valence electrons. The second kappa shape index (κ2) is 3.33. The number of nitrogens with one attached hydrogen (secondary N) is 1. The largest absolute Gasteiger partial charge is 0.479 e. The number of benzene rings is 1. The number of hydrogen-bond donors (Lipinski definition) is 2. The number of aliphatic carboxylic acids is 1. The molecule has 16 heavy (non-hydrogen) atoms. The summed E-state index contributed by atoms with van der Waals surface area (Å²) in [5.74, 6) is -1.28. The third-order valence-electron chi connectivity index (χ3n) is 3.04. The molecule has 0 saturated heterocycles. The Morgan fingerprint density at radius 1 is 1.38 bits per heavy atom. The van der Waals surface area contributed by atoms with Gasteiger partial charge < -0.3 is 10.4 Å². The zero-order valence-electron chi connectivity index (χ0n) is 9.15. The van der Waals surface area contributed by atoms with Crippen molar-refractivity contribution < 1.29 is 14.7 Å². The van der Waals surface area contributed by atoms with Crippen LogP contribution in [0.15, 0.2) is 24.3 Å².